The van der Waals surface area contributed by atoms with Gasteiger partial charge in [0.2, 0.25) is 17.7 Å². The molecule has 2 N–H and O–H groups in total. The first-order chi connectivity index (χ1) is 9.63. The summed E-state index contributed by atoms with van der Waals surface area (Å²) in [4.78, 5) is 37.1. The van der Waals surface area contributed by atoms with Gasteiger partial charge in [-0.3, -0.25) is 24.6 Å². The third-order valence-corrected chi connectivity index (χ3v) is 3.95. The molecular formula is C14H23N3O3. The summed E-state index contributed by atoms with van der Waals surface area (Å²) in [5.74, 6) is -0.398. The first kappa shape index (κ1) is 15.0. The first-order valence-electron chi connectivity index (χ1n) is 7.49. The van der Waals surface area contributed by atoms with Crippen molar-refractivity contribution >= 4 is 17.7 Å². The molecule has 112 valence electrons. The second kappa shape index (κ2) is 6.83. The summed E-state index contributed by atoms with van der Waals surface area (Å²) in [5, 5.41) is 5.64. The fraction of sp³-hybridized carbons (Fsp3) is 0.786. The Balaban J connectivity index is 1.83. The van der Waals surface area contributed by atoms with Crippen molar-refractivity contribution in [3.63, 3.8) is 0 Å². The number of hydrogen-bond donors (Lipinski definition) is 2. The Bertz CT molecular complexity index is 391. The minimum Gasteiger partial charge on any atom is -0.355 e. The lowest BCUT2D eigenvalue weighted by Gasteiger charge is -2.22. The van der Waals surface area contributed by atoms with Crippen LogP contribution >= 0.6 is 0 Å². The number of amides is 3. The summed E-state index contributed by atoms with van der Waals surface area (Å²) in [6, 6.07) is -0.453. The molecule has 1 aliphatic carbocycles. The maximum absolute atomic E-state index is 12.2. The van der Waals surface area contributed by atoms with Gasteiger partial charge in [0.05, 0.1) is 19.0 Å². The van der Waals surface area contributed by atoms with Crippen molar-refractivity contribution in [3.8, 4) is 0 Å². The molecule has 0 radical (unpaired) electrons. The molecule has 0 bridgehead atoms. The van der Waals surface area contributed by atoms with Gasteiger partial charge in [-0.05, 0) is 19.3 Å². The Hall–Kier alpha value is -1.43. The van der Waals surface area contributed by atoms with E-state index < -0.39 is 6.04 Å². The average molecular weight is 281 g/mol. The summed E-state index contributed by atoms with van der Waals surface area (Å²) in [6.07, 6.45) is 5.05. The molecule has 3 amide bonds. The summed E-state index contributed by atoms with van der Waals surface area (Å²) in [7, 11) is 0. The van der Waals surface area contributed by atoms with Crippen molar-refractivity contribution in [1.29, 1.82) is 0 Å². The van der Waals surface area contributed by atoms with E-state index in [1.54, 1.807) is 0 Å². The third kappa shape index (κ3) is 3.36. The molecule has 1 heterocycles. The van der Waals surface area contributed by atoms with Gasteiger partial charge in [0.15, 0.2) is 0 Å². The SMILES string of the molecule is CCCNC(=O)CNC1CC(=O)N(C2CCCC2)C1=O. The highest BCUT2D eigenvalue weighted by molar-refractivity contribution is 6.06. The zero-order valence-electron chi connectivity index (χ0n) is 12.0. The number of carbonyl (C=O) groups is 3. The van der Waals surface area contributed by atoms with Crippen LogP contribution in [-0.4, -0.2) is 47.8 Å². The van der Waals surface area contributed by atoms with Crippen molar-refractivity contribution in [2.45, 2.75) is 57.5 Å². The van der Waals surface area contributed by atoms with Crippen LogP contribution in [0.15, 0.2) is 0 Å². The summed E-state index contributed by atoms with van der Waals surface area (Å²) in [5.41, 5.74) is 0. The number of nitrogens with one attached hydrogen (secondary N) is 2. The quantitative estimate of drug-likeness (QED) is 0.680. The second-order valence-electron chi connectivity index (χ2n) is 5.53. The van der Waals surface area contributed by atoms with Gasteiger partial charge in [0.25, 0.3) is 0 Å². The molecule has 0 aromatic carbocycles. The Morgan fingerprint density at radius 1 is 1.30 bits per heavy atom. The molecule has 20 heavy (non-hydrogen) atoms. The van der Waals surface area contributed by atoms with Crippen LogP contribution in [0.1, 0.15) is 45.4 Å². The number of likely N-dealkylation sites (tertiary alicyclic amines) is 1. The van der Waals surface area contributed by atoms with E-state index in [1.165, 1.54) is 4.90 Å². The van der Waals surface area contributed by atoms with Crippen LogP contribution in [0.2, 0.25) is 0 Å². The van der Waals surface area contributed by atoms with E-state index in [2.05, 4.69) is 10.6 Å². The highest BCUT2D eigenvalue weighted by Gasteiger charge is 2.42. The Morgan fingerprint density at radius 3 is 2.65 bits per heavy atom. The van der Waals surface area contributed by atoms with Crippen molar-refractivity contribution in [2.24, 2.45) is 0 Å². The predicted molar refractivity (Wildman–Crippen MR) is 73.8 cm³/mol. The van der Waals surface area contributed by atoms with Crippen LogP contribution in [-0.2, 0) is 14.4 Å². The average Bonchev–Trinajstić information content (AvgIpc) is 3.02. The van der Waals surface area contributed by atoms with Crippen molar-refractivity contribution in [3.05, 3.63) is 0 Å². The number of hydrogen-bond acceptors (Lipinski definition) is 4. The lowest BCUT2D eigenvalue weighted by atomic mass is 10.2. The normalized spacial score (nSPS) is 23.6. The van der Waals surface area contributed by atoms with Crippen LogP contribution in [0.25, 0.3) is 0 Å². The molecule has 1 atom stereocenters. The minimum atomic E-state index is -0.532. The molecule has 2 rings (SSSR count). The molecule has 1 saturated carbocycles. The molecular weight excluding hydrogens is 258 g/mol. The second-order valence-corrected chi connectivity index (χ2v) is 5.53. The molecule has 2 aliphatic rings. The lowest BCUT2D eigenvalue weighted by molar-refractivity contribution is -0.141. The molecule has 0 spiro atoms. The Labute approximate surface area is 119 Å². The van der Waals surface area contributed by atoms with E-state index >= 15 is 0 Å². The van der Waals surface area contributed by atoms with Crippen LogP contribution in [0.5, 0.6) is 0 Å². The molecule has 0 aromatic rings. The maximum Gasteiger partial charge on any atom is 0.247 e. The van der Waals surface area contributed by atoms with Crippen molar-refractivity contribution in [1.82, 2.24) is 15.5 Å². The van der Waals surface area contributed by atoms with Gasteiger partial charge in [0, 0.05) is 12.6 Å². The topological polar surface area (TPSA) is 78.5 Å². The standard InChI is InChI=1S/C14H23N3O3/c1-2-7-15-12(18)9-16-11-8-13(19)17(14(11)20)10-5-3-4-6-10/h10-11,16H,2-9H2,1H3,(H,15,18). The molecule has 6 nitrogen and oxygen atoms in total. The van der Waals surface area contributed by atoms with E-state index in [0.717, 1.165) is 32.1 Å². The van der Waals surface area contributed by atoms with Crippen LogP contribution in [0.4, 0.5) is 0 Å². The number of rotatable bonds is 6. The molecule has 0 aromatic heterocycles. The minimum absolute atomic E-state index is 0.0794. The number of imide groups is 1. The maximum atomic E-state index is 12.2. The molecule has 1 unspecified atom stereocenters. The number of carbonyl (C=O) groups excluding carboxylic acids is 3. The first-order valence-corrected chi connectivity index (χ1v) is 7.49. The van der Waals surface area contributed by atoms with Gasteiger partial charge in [0.1, 0.15) is 0 Å². The molecule has 2 fully saturated rings. The Morgan fingerprint density at radius 2 is 2.00 bits per heavy atom. The van der Waals surface area contributed by atoms with Gasteiger partial charge >= 0.3 is 0 Å². The smallest absolute Gasteiger partial charge is 0.247 e. The van der Waals surface area contributed by atoms with E-state index in [9.17, 15) is 14.4 Å². The highest BCUT2D eigenvalue weighted by Crippen LogP contribution is 2.27. The van der Waals surface area contributed by atoms with Crippen LogP contribution in [0, 0.1) is 0 Å². The van der Waals surface area contributed by atoms with Gasteiger partial charge in [-0.15, -0.1) is 0 Å². The van der Waals surface area contributed by atoms with Crippen LogP contribution in [0.3, 0.4) is 0 Å². The van der Waals surface area contributed by atoms with Crippen molar-refractivity contribution < 1.29 is 14.4 Å². The van der Waals surface area contributed by atoms with E-state index in [0.29, 0.717) is 6.54 Å². The highest BCUT2D eigenvalue weighted by atomic mass is 16.2. The van der Waals surface area contributed by atoms with E-state index in [4.69, 9.17) is 0 Å². The fourth-order valence-corrected chi connectivity index (χ4v) is 2.90. The summed E-state index contributed by atoms with van der Waals surface area (Å²) >= 11 is 0. The molecule has 1 aliphatic heterocycles. The zero-order chi connectivity index (χ0) is 14.5. The van der Waals surface area contributed by atoms with E-state index in [-0.39, 0.29) is 36.7 Å². The monoisotopic (exact) mass is 281 g/mol. The van der Waals surface area contributed by atoms with Gasteiger partial charge in [-0.25, -0.2) is 0 Å². The van der Waals surface area contributed by atoms with Crippen LogP contribution < -0.4 is 10.6 Å². The fourth-order valence-electron chi connectivity index (χ4n) is 2.90. The lowest BCUT2D eigenvalue weighted by Crippen LogP contribution is -2.45. The van der Waals surface area contributed by atoms with Gasteiger partial charge in [-0.1, -0.05) is 19.8 Å². The largest absolute Gasteiger partial charge is 0.355 e. The Kier molecular flexibility index (Phi) is 5.11. The zero-order valence-corrected chi connectivity index (χ0v) is 12.0. The number of nitrogens with zero attached hydrogens (tertiary/aromatic N) is 1. The van der Waals surface area contributed by atoms with Crippen molar-refractivity contribution in [2.75, 3.05) is 13.1 Å². The molecule has 1 saturated heterocycles. The van der Waals surface area contributed by atoms with E-state index in [1.807, 2.05) is 6.92 Å². The molecule has 6 heteroatoms. The van der Waals surface area contributed by atoms with Gasteiger partial charge < -0.3 is 5.32 Å². The summed E-state index contributed by atoms with van der Waals surface area (Å²) < 4.78 is 0. The third-order valence-electron chi connectivity index (χ3n) is 3.95. The van der Waals surface area contributed by atoms with Gasteiger partial charge in [-0.2, -0.15) is 0 Å². The predicted octanol–water partition coefficient (Wildman–Crippen LogP) is 0.172. The summed E-state index contributed by atoms with van der Waals surface area (Å²) in [6.45, 7) is 2.70.